The van der Waals surface area contributed by atoms with Gasteiger partial charge < -0.3 is 15.0 Å². The molecule has 1 saturated heterocycles. The van der Waals surface area contributed by atoms with Crippen LogP contribution in [-0.2, 0) is 11.3 Å². The van der Waals surface area contributed by atoms with Gasteiger partial charge in [-0.25, -0.2) is 4.68 Å². The number of hydrogen-bond donors (Lipinski definition) is 2. The number of nitrogens with zero attached hydrogens (tertiary/aromatic N) is 2. The summed E-state index contributed by atoms with van der Waals surface area (Å²) in [4.78, 5) is 38.2. The number of ether oxygens (including phenoxy) is 1. The summed E-state index contributed by atoms with van der Waals surface area (Å²) in [5.41, 5.74) is -0.200. The van der Waals surface area contributed by atoms with Crippen LogP contribution in [0.15, 0.2) is 46.0 Å². The van der Waals surface area contributed by atoms with E-state index in [0.717, 1.165) is 54.1 Å². The lowest BCUT2D eigenvalue weighted by molar-refractivity contribution is -0.123. The Morgan fingerprint density at radius 3 is 2.75 bits per heavy atom. The SMILES string of the molecule is CN1CCC2(CC1)C[C@H](NC(=O)Cn1[nH]c(=O)ccc1=O)c1ccccc1O2. The molecule has 0 aliphatic carbocycles. The van der Waals surface area contributed by atoms with E-state index in [2.05, 4.69) is 22.4 Å². The number of hydrogen-bond acceptors (Lipinski definition) is 5. The van der Waals surface area contributed by atoms with Crippen LogP contribution in [0.3, 0.4) is 0 Å². The third kappa shape index (κ3) is 3.73. The van der Waals surface area contributed by atoms with Gasteiger partial charge >= 0.3 is 0 Å². The molecule has 0 radical (unpaired) electrons. The first kappa shape index (κ1) is 18.5. The summed E-state index contributed by atoms with van der Waals surface area (Å²) in [7, 11) is 2.10. The molecule has 1 spiro atoms. The standard InChI is InChI=1S/C20H24N4O4/c1-23-10-8-20(9-11-23)12-15(14-4-2-3-5-16(14)28-20)21-18(26)13-24-19(27)7-6-17(25)22-24/h2-7,15H,8-13H2,1H3,(H,21,26)(H,22,25)/t15-/m0/s1. The zero-order valence-corrected chi connectivity index (χ0v) is 15.8. The molecule has 4 rings (SSSR count). The van der Waals surface area contributed by atoms with E-state index in [9.17, 15) is 14.4 Å². The third-order valence-corrected chi connectivity index (χ3v) is 5.62. The summed E-state index contributed by atoms with van der Waals surface area (Å²) < 4.78 is 7.42. The normalized spacial score (nSPS) is 21.0. The van der Waals surface area contributed by atoms with Gasteiger partial charge in [-0.3, -0.25) is 19.5 Å². The van der Waals surface area contributed by atoms with Crippen LogP contribution in [0.25, 0.3) is 0 Å². The van der Waals surface area contributed by atoms with Crippen molar-refractivity contribution in [2.24, 2.45) is 0 Å². The number of aromatic nitrogens is 2. The summed E-state index contributed by atoms with van der Waals surface area (Å²) in [6, 6.07) is 9.85. The Morgan fingerprint density at radius 2 is 1.96 bits per heavy atom. The monoisotopic (exact) mass is 384 g/mol. The zero-order chi connectivity index (χ0) is 19.7. The molecule has 0 saturated carbocycles. The van der Waals surface area contributed by atoms with Crippen molar-refractivity contribution in [2.45, 2.75) is 37.5 Å². The number of aromatic amines is 1. The van der Waals surface area contributed by atoms with E-state index in [1.165, 1.54) is 0 Å². The van der Waals surface area contributed by atoms with Crippen molar-refractivity contribution in [1.29, 1.82) is 0 Å². The van der Waals surface area contributed by atoms with E-state index in [4.69, 9.17) is 4.74 Å². The molecule has 1 amide bonds. The number of benzene rings is 1. The van der Waals surface area contributed by atoms with Gasteiger partial charge in [-0.1, -0.05) is 18.2 Å². The maximum absolute atomic E-state index is 12.6. The maximum Gasteiger partial charge on any atom is 0.265 e. The Labute approximate surface area is 162 Å². The molecular formula is C20H24N4O4. The van der Waals surface area contributed by atoms with Gasteiger partial charge in [0, 0.05) is 37.2 Å². The molecule has 1 aromatic heterocycles. The fourth-order valence-corrected chi connectivity index (χ4v) is 4.04. The van der Waals surface area contributed by atoms with Gasteiger partial charge in [0.15, 0.2) is 0 Å². The second kappa shape index (κ2) is 7.27. The summed E-state index contributed by atoms with van der Waals surface area (Å²) in [6.45, 7) is 1.66. The van der Waals surface area contributed by atoms with Gasteiger partial charge in [0.1, 0.15) is 17.9 Å². The van der Waals surface area contributed by atoms with Crippen molar-refractivity contribution in [3.8, 4) is 5.75 Å². The number of carbonyl (C=O) groups is 1. The van der Waals surface area contributed by atoms with Crippen LogP contribution in [0.2, 0.25) is 0 Å². The highest BCUT2D eigenvalue weighted by Gasteiger charge is 2.43. The van der Waals surface area contributed by atoms with Crippen molar-refractivity contribution < 1.29 is 9.53 Å². The minimum atomic E-state index is -0.422. The number of rotatable bonds is 3. The average Bonchev–Trinajstić information content (AvgIpc) is 2.67. The maximum atomic E-state index is 12.6. The summed E-state index contributed by atoms with van der Waals surface area (Å²) in [5.74, 6) is 0.475. The van der Waals surface area contributed by atoms with E-state index >= 15 is 0 Å². The second-order valence-electron chi connectivity index (χ2n) is 7.68. The number of nitrogens with one attached hydrogen (secondary N) is 2. The largest absolute Gasteiger partial charge is 0.487 e. The van der Waals surface area contributed by atoms with Crippen LogP contribution in [0.1, 0.15) is 30.9 Å². The smallest absolute Gasteiger partial charge is 0.265 e. The highest BCUT2D eigenvalue weighted by atomic mass is 16.5. The molecule has 2 aliphatic heterocycles. The van der Waals surface area contributed by atoms with E-state index in [-0.39, 0.29) is 24.1 Å². The lowest BCUT2D eigenvalue weighted by Gasteiger charge is -2.46. The molecule has 1 atom stereocenters. The lowest BCUT2D eigenvalue weighted by atomic mass is 9.80. The minimum absolute atomic E-state index is 0.202. The molecule has 8 nitrogen and oxygen atoms in total. The Balaban J connectivity index is 1.55. The molecule has 2 aromatic rings. The van der Waals surface area contributed by atoms with Crippen LogP contribution in [0.5, 0.6) is 5.75 Å². The van der Waals surface area contributed by atoms with Gasteiger partial charge in [0.05, 0.1) is 6.04 Å². The highest BCUT2D eigenvalue weighted by molar-refractivity contribution is 5.76. The molecule has 2 N–H and O–H groups in total. The van der Waals surface area contributed by atoms with Crippen LogP contribution in [0.4, 0.5) is 0 Å². The van der Waals surface area contributed by atoms with Gasteiger partial charge in [-0.2, -0.15) is 0 Å². The topological polar surface area (TPSA) is 96.4 Å². The van der Waals surface area contributed by atoms with Crippen molar-refractivity contribution in [3.63, 3.8) is 0 Å². The number of piperidine rings is 1. The first-order valence-corrected chi connectivity index (χ1v) is 9.50. The minimum Gasteiger partial charge on any atom is -0.487 e. The van der Waals surface area contributed by atoms with Crippen molar-refractivity contribution in [2.75, 3.05) is 20.1 Å². The number of amides is 1. The van der Waals surface area contributed by atoms with Crippen LogP contribution in [-0.4, -0.2) is 46.3 Å². The molecular weight excluding hydrogens is 360 g/mol. The fraction of sp³-hybridized carbons (Fsp3) is 0.450. The van der Waals surface area contributed by atoms with Crippen molar-refractivity contribution in [1.82, 2.24) is 20.0 Å². The lowest BCUT2D eigenvalue weighted by Crippen LogP contribution is -2.51. The van der Waals surface area contributed by atoms with Gasteiger partial charge in [0.2, 0.25) is 5.91 Å². The molecule has 1 fully saturated rings. The fourth-order valence-electron chi connectivity index (χ4n) is 4.04. The first-order valence-electron chi connectivity index (χ1n) is 9.50. The molecule has 0 unspecified atom stereocenters. The molecule has 8 heteroatoms. The third-order valence-electron chi connectivity index (χ3n) is 5.62. The number of H-pyrrole nitrogens is 1. The number of likely N-dealkylation sites (tertiary alicyclic amines) is 1. The summed E-state index contributed by atoms with van der Waals surface area (Å²) in [6.07, 6.45) is 2.48. The summed E-state index contributed by atoms with van der Waals surface area (Å²) >= 11 is 0. The molecule has 0 bridgehead atoms. The van der Waals surface area contributed by atoms with Gasteiger partial charge in [-0.15, -0.1) is 0 Å². The molecule has 148 valence electrons. The number of carbonyl (C=O) groups excluding carboxylic acids is 1. The Morgan fingerprint density at radius 1 is 1.21 bits per heavy atom. The molecule has 2 aliphatic rings. The molecule has 3 heterocycles. The Bertz CT molecular complexity index is 988. The molecule has 28 heavy (non-hydrogen) atoms. The average molecular weight is 384 g/mol. The Kier molecular flexibility index (Phi) is 4.80. The van der Waals surface area contributed by atoms with E-state index < -0.39 is 11.1 Å². The van der Waals surface area contributed by atoms with Gasteiger partial charge in [-0.05, 0) is 26.0 Å². The second-order valence-corrected chi connectivity index (χ2v) is 7.68. The Hall–Kier alpha value is -2.87. The predicted octanol–water partition coefficient (Wildman–Crippen LogP) is 0.641. The van der Waals surface area contributed by atoms with E-state index in [0.29, 0.717) is 6.42 Å². The van der Waals surface area contributed by atoms with Gasteiger partial charge in [0.25, 0.3) is 11.1 Å². The quantitative estimate of drug-likeness (QED) is 0.810. The van der Waals surface area contributed by atoms with Crippen LogP contribution >= 0.6 is 0 Å². The predicted molar refractivity (Wildman–Crippen MR) is 103 cm³/mol. The number of fused-ring (bicyclic) bond motifs is 1. The van der Waals surface area contributed by atoms with Crippen LogP contribution < -0.4 is 21.2 Å². The first-order chi connectivity index (χ1) is 13.4. The zero-order valence-electron chi connectivity index (χ0n) is 15.8. The van der Waals surface area contributed by atoms with Crippen molar-refractivity contribution >= 4 is 5.91 Å². The molecule has 1 aromatic carbocycles. The van der Waals surface area contributed by atoms with E-state index in [1.807, 2.05) is 24.3 Å². The number of para-hydroxylation sites is 1. The van der Waals surface area contributed by atoms with E-state index in [1.54, 1.807) is 0 Å². The highest BCUT2D eigenvalue weighted by Crippen LogP contribution is 2.44. The van der Waals surface area contributed by atoms with Crippen LogP contribution in [0, 0.1) is 0 Å². The van der Waals surface area contributed by atoms with Crippen molar-refractivity contribution in [3.05, 3.63) is 62.7 Å². The summed E-state index contributed by atoms with van der Waals surface area (Å²) in [5, 5.41) is 5.42.